The van der Waals surface area contributed by atoms with Gasteiger partial charge in [0.2, 0.25) is 5.91 Å². The maximum atomic E-state index is 13.1. The van der Waals surface area contributed by atoms with Crippen LogP contribution in [-0.2, 0) is 18.4 Å². The van der Waals surface area contributed by atoms with Crippen LogP contribution in [0.1, 0.15) is 380 Å². The highest BCUT2D eigenvalue weighted by atomic mass is 31.2. The standard InChI is InChI=1S/C76H147N2O6P/c1-6-8-10-12-14-16-18-20-22-24-26-28-30-32-33-34-35-36-37-38-39-40-41-42-43-44-45-46-48-50-52-54-56-58-60-62-64-66-68-70-76(80)77-74(73-84-85(81,82)83-72-71-78(3,4)5)75(79)69-67-65-63-61-59-57-55-53-51-49-47-31-29-27-25-23-21-19-17-15-13-11-9-7-2/h18,20,24,26,59,61,67,69,74-75,79H,6-17,19,21-23,25,27-58,60,62-66,68,70-73H2,1-5H3,(H-,77,80,81,82)/p+1/b20-18-,26-24-,61-59+,69-67+. The molecular formula is C76H148N2O6P+. The van der Waals surface area contributed by atoms with Crippen LogP contribution in [-0.4, -0.2) is 73.4 Å². The number of hydrogen-bond donors (Lipinski definition) is 3. The Balaban J connectivity index is 3.96. The molecular weight excluding hydrogens is 1070 g/mol. The Morgan fingerprint density at radius 1 is 0.400 bits per heavy atom. The Kier molecular flexibility index (Phi) is 65.7. The van der Waals surface area contributed by atoms with Crippen molar-refractivity contribution >= 4 is 13.7 Å². The highest BCUT2D eigenvalue weighted by Gasteiger charge is 2.28. The van der Waals surface area contributed by atoms with Crippen LogP contribution in [0, 0.1) is 0 Å². The van der Waals surface area contributed by atoms with Crippen LogP contribution in [0.4, 0.5) is 0 Å². The summed E-state index contributed by atoms with van der Waals surface area (Å²) in [4.78, 5) is 23.4. The highest BCUT2D eigenvalue weighted by Crippen LogP contribution is 2.43. The molecule has 8 nitrogen and oxygen atoms in total. The number of aliphatic hydroxyl groups excluding tert-OH is 1. The molecule has 3 atom stereocenters. The summed E-state index contributed by atoms with van der Waals surface area (Å²) in [5.41, 5.74) is 0. The summed E-state index contributed by atoms with van der Waals surface area (Å²) in [6, 6.07) is -0.864. The van der Waals surface area contributed by atoms with Crippen LogP contribution < -0.4 is 5.32 Å². The van der Waals surface area contributed by atoms with Crippen LogP contribution in [0.3, 0.4) is 0 Å². The predicted octanol–water partition coefficient (Wildman–Crippen LogP) is 24.2. The van der Waals surface area contributed by atoms with Crippen LogP contribution in [0.25, 0.3) is 0 Å². The molecule has 3 N–H and O–H groups in total. The van der Waals surface area contributed by atoms with E-state index in [1.54, 1.807) is 6.08 Å². The van der Waals surface area contributed by atoms with Gasteiger partial charge < -0.3 is 19.8 Å². The number of amides is 1. The molecule has 0 aliphatic carbocycles. The first kappa shape index (κ1) is 83.5. The Labute approximate surface area is 530 Å². The third kappa shape index (κ3) is 69.8. The fourth-order valence-electron chi connectivity index (χ4n) is 11.4. The number of allylic oxidation sites excluding steroid dienone is 7. The Morgan fingerprint density at radius 2 is 0.682 bits per heavy atom. The van der Waals surface area contributed by atoms with Gasteiger partial charge in [0.05, 0.1) is 39.9 Å². The number of carbonyl (C=O) groups excluding carboxylic acids is 1. The third-order valence-electron chi connectivity index (χ3n) is 17.3. The number of likely N-dealkylation sites (N-methyl/N-ethyl adjacent to an activating group) is 1. The molecule has 0 aliphatic heterocycles. The van der Waals surface area contributed by atoms with Gasteiger partial charge in [0, 0.05) is 6.42 Å². The van der Waals surface area contributed by atoms with Crippen molar-refractivity contribution in [1.82, 2.24) is 5.32 Å². The summed E-state index contributed by atoms with van der Waals surface area (Å²) in [7, 11) is 1.57. The van der Waals surface area contributed by atoms with E-state index < -0.39 is 20.0 Å². The fourth-order valence-corrected chi connectivity index (χ4v) is 12.2. The van der Waals surface area contributed by atoms with E-state index >= 15 is 0 Å². The SMILES string of the molecule is CCCCCCC/C=C\C/C=C\CCCCCCCCCCCCCCCCCCCCCCCCCCCCCC(=O)NC(COP(=O)(O)OCC[N+](C)(C)C)C(O)/C=C/CC/C=C/CCCCCCCCCCCCCCCCCCCC. The van der Waals surface area contributed by atoms with Gasteiger partial charge in [-0.3, -0.25) is 13.8 Å². The number of carbonyl (C=O) groups is 1. The molecule has 0 saturated heterocycles. The molecule has 0 radical (unpaired) electrons. The average molecular weight is 1220 g/mol. The second-order valence-corrected chi connectivity index (χ2v) is 28.5. The second kappa shape index (κ2) is 66.9. The van der Waals surface area contributed by atoms with E-state index in [-0.39, 0.29) is 19.1 Å². The van der Waals surface area contributed by atoms with Gasteiger partial charge in [-0.25, -0.2) is 4.57 Å². The predicted molar refractivity (Wildman–Crippen MR) is 374 cm³/mol. The molecule has 0 aromatic rings. The van der Waals surface area contributed by atoms with Crippen molar-refractivity contribution in [2.75, 3.05) is 40.9 Å². The molecule has 0 spiro atoms. The number of nitrogens with one attached hydrogen (secondary N) is 1. The molecule has 502 valence electrons. The molecule has 0 heterocycles. The zero-order valence-electron chi connectivity index (χ0n) is 57.6. The lowest BCUT2D eigenvalue weighted by molar-refractivity contribution is -0.870. The maximum Gasteiger partial charge on any atom is 0.472 e. The van der Waals surface area contributed by atoms with Crippen molar-refractivity contribution in [1.29, 1.82) is 0 Å². The van der Waals surface area contributed by atoms with Crippen molar-refractivity contribution in [2.24, 2.45) is 0 Å². The average Bonchev–Trinajstić information content (AvgIpc) is 3.49. The largest absolute Gasteiger partial charge is 0.472 e. The molecule has 0 aromatic carbocycles. The molecule has 3 unspecified atom stereocenters. The molecule has 1 amide bonds. The second-order valence-electron chi connectivity index (χ2n) is 27.0. The van der Waals surface area contributed by atoms with Gasteiger partial charge in [0.15, 0.2) is 0 Å². The van der Waals surface area contributed by atoms with E-state index in [4.69, 9.17) is 9.05 Å². The Bertz CT molecular complexity index is 1530. The van der Waals surface area contributed by atoms with Gasteiger partial charge >= 0.3 is 7.82 Å². The summed E-state index contributed by atoms with van der Waals surface area (Å²) < 4.78 is 23.8. The van der Waals surface area contributed by atoms with Crippen molar-refractivity contribution in [3.63, 3.8) is 0 Å². The van der Waals surface area contributed by atoms with Crippen molar-refractivity contribution in [2.45, 2.75) is 392 Å². The zero-order chi connectivity index (χ0) is 61.9. The quantitative estimate of drug-likeness (QED) is 0.0243. The van der Waals surface area contributed by atoms with E-state index in [1.165, 1.54) is 315 Å². The van der Waals surface area contributed by atoms with Crippen molar-refractivity contribution < 1.29 is 32.9 Å². The number of phosphoric acid groups is 1. The minimum absolute atomic E-state index is 0.0579. The monoisotopic (exact) mass is 1220 g/mol. The number of unbranched alkanes of at least 4 members (excludes halogenated alkanes) is 51. The number of phosphoric ester groups is 1. The number of quaternary nitrogens is 1. The Hall–Kier alpha value is -1.54. The van der Waals surface area contributed by atoms with E-state index in [1.807, 2.05) is 27.2 Å². The highest BCUT2D eigenvalue weighted by molar-refractivity contribution is 7.47. The number of rotatable bonds is 70. The lowest BCUT2D eigenvalue weighted by atomic mass is 10.0. The Morgan fingerprint density at radius 3 is 1.01 bits per heavy atom. The van der Waals surface area contributed by atoms with Crippen molar-refractivity contribution in [3.05, 3.63) is 48.6 Å². The topological polar surface area (TPSA) is 105 Å². The number of hydrogen-bond acceptors (Lipinski definition) is 5. The molecule has 9 heteroatoms. The summed E-state index contributed by atoms with van der Waals surface area (Å²) in [6.07, 6.45) is 91.5. The van der Waals surface area contributed by atoms with E-state index in [2.05, 4.69) is 55.6 Å². The normalized spacial score (nSPS) is 13.8. The minimum Gasteiger partial charge on any atom is -0.387 e. The van der Waals surface area contributed by atoms with E-state index in [0.29, 0.717) is 17.4 Å². The van der Waals surface area contributed by atoms with Gasteiger partial charge in [0.1, 0.15) is 13.2 Å². The summed E-state index contributed by atoms with van der Waals surface area (Å²) in [6.45, 7) is 4.84. The summed E-state index contributed by atoms with van der Waals surface area (Å²) in [5, 5.41) is 14.0. The molecule has 0 aliphatic rings. The molecule has 0 fully saturated rings. The van der Waals surface area contributed by atoms with Gasteiger partial charge in [-0.1, -0.05) is 358 Å². The molecule has 85 heavy (non-hydrogen) atoms. The van der Waals surface area contributed by atoms with Crippen molar-refractivity contribution in [3.8, 4) is 0 Å². The van der Waals surface area contributed by atoms with Gasteiger partial charge in [0.25, 0.3) is 0 Å². The zero-order valence-corrected chi connectivity index (χ0v) is 58.5. The summed E-state index contributed by atoms with van der Waals surface area (Å²) >= 11 is 0. The lowest BCUT2D eigenvalue weighted by Gasteiger charge is -2.25. The van der Waals surface area contributed by atoms with Crippen LogP contribution in [0.5, 0.6) is 0 Å². The van der Waals surface area contributed by atoms with E-state index in [0.717, 1.165) is 44.9 Å². The van der Waals surface area contributed by atoms with Crippen LogP contribution >= 0.6 is 7.82 Å². The first-order chi connectivity index (χ1) is 41.5. The fraction of sp³-hybridized carbons (Fsp3) is 0.882. The lowest BCUT2D eigenvalue weighted by Crippen LogP contribution is -2.45. The number of nitrogens with zero attached hydrogens (tertiary/aromatic N) is 1. The van der Waals surface area contributed by atoms with Crippen LogP contribution in [0.15, 0.2) is 48.6 Å². The van der Waals surface area contributed by atoms with Gasteiger partial charge in [-0.15, -0.1) is 0 Å². The smallest absolute Gasteiger partial charge is 0.387 e. The molecule has 0 bridgehead atoms. The maximum absolute atomic E-state index is 13.1. The summed E-state index contributed by atoms with van der Waals surface area (Å²) in [5.74, 6) is -0.179. The first-order valence-corrected chi connectivity index (χ1v) is 39.0. The molecule has 0 rings (SSSR count). The molecule has 0 saturated carbocycles. The third-order valence-corrected chi connectivity index (χ3v) is 18.3. The van der Waals surface area contributed by atoms with E-state index in [9.17, 15) is 19.4 Å². The van der Waals surface area contributed by atoms with Gasteiger partial charge in [-0.2, -0.15) is 0 Å². The first-order valence-electron chi connectivity index (χ1n) is 37.5. The van der Waals surface area contributed by atoms with Gasteiger partial charge in [-0.05, 0) is 64.2 Å². The molecule has 0 aromatic heterocycles. The van der Waals surface area contributed by atoms with Crippen LogP contribution in [0.2, 0.25) is 0 Å². The minimum atomic E-state index is -4.36. The number of aliphatic hydroxyl groups is 1.